The molecule has 2 heterocycles. The summed E-state index contributed by atoms with van der Waals surface area (Å²) >= 11 is 0. The summed E-state index contributed by atoms with van der Waals surface area (Å²) in [5.74, 6) is 0.502. The van der Waals surface area contributed by atoms with Gasteiger partial charge in [-0.05, 0) is 25.5 Å². The molecule has 0 bridgehead atoms. The molecule has 5 nitrogen and oxygen atoms in total. The van der Waals surface area contributed by atoms with E-state index in [4.69, 9.17) is 4.42 Å². The Hall–Kier alpha value is -2.30. The maximum atomic E-state index is 5.61. The number of benzene rings is 1. The third-order valence-electron chi connectivity index (χ3n) is 3.17. The molecular formula is C14H16N4O. The van der Waals surface area contributed by atoms with Crippen LogP contribution in [0, 0.1) is 0 Å². The molecule has 98 valence electrons. The number of para-hydroxylation sites is 1. The fourth-order valence-electron chi connectivity index (χ4n) is 1.89. The van der Waals surface area contributed by atoms with Crippen molar-refractivity contribution >= 4 is 16.9 Å². The van der Waals surface area contributed by atoms with Crippen molar-refractivity contribution < 1.29 is 4.42 Å². The Morgan fingerprint density at radius 3 is 2.95 bits per heavy atom. The van der Waals surface area contributed by atoms with Crippen LogP contribution in [0.1, 0.15) is 20.3 Å². The second kappa shape index (κ2) is 4.76. The van der Waals surface area contributed by atoms with Crippen LogP contribution in [0.4, 0.5) is 6.01 Å². The first-order valence-corrected chi connectivity index (χ1v) is 6.44. The summed E-state index contributed by atoms with van der Waals surface area (Å²) < 4.78 is 5.61. The number of hydrogen-bond donors (Lipinski definition) is 2. The molecule has 1 aromatic carbocycles. The van der Waals surface area contributed by atoms with Gasteiger partial charge in [0.15, 0.2) is 0 Å². The summed E-state index contributed by atoms with van der Waals surface area (Å²) in [5, 5.41) is 12.4. The zero-order valence-corrected chi connectivity index (χ0v) is 11.0. The molecule has 0 aliphatic carbocycles. The Bertz CT molecular complexity index is 652. The second-order valence-corrected chi connectivity index (χ2v) is 4.64. The van der Waals surface area contributed by atoms with E-state index in [-0.39, 0.29) is 0 Å². The summed E-state index contributed by atoms with van der Waals surface area (Å²) in [6, 6.07) is 10.8. The van der Waals surface area contributed by atoms with Gasteiger partial charge in [-0.1, -0.05) is 30.2 Å². The topological polar surface area (TPSA) is 66.7 Å². The predicted octanol–water partition coefficient (Wildman–Crippen LogP) is 3.43. The van der Waals surface area contributed by atoms with E-state index in [1.54, 1.807) is 0 Å². The lowest BCUT2D eigenvalue weighted by Crippen LogP contribution is -2.13. The van der Waals surface area contributed by atoms with Crippen LogP contribution in [0.5, 0.6) is 0 Å². The standard InChI is InChI=1S/C14H16N4O/c1-3-9(2)15-14-18-17-13(19-14)12-8-10-6-4-5-7-11(10)16-12/h4-9,16H,3H2,1-2H3,(H,15,18). The number of fused-ring (bicyclic) bond motifs is 1. The largest absolute Gasteiger partial charge is 0.402 e. The molecule has 0 spiro atoms. The van der Waals surface area contributed by atoms with Crippen LogP contribution >= 0.6 is 0 Å². The zero-order chi connectivity index (χ0) is 13.2. The highest BCUT2D eigenvalue weighted by Crippen LogP contribution is 2.24. The van der Waals surface area contributed by atoms with Gasteiger partial charge in [0, 0.05) is 16.9 Å². The van der Waals surface area contributed by atoms with Crippen molar-refractivity contribution in [2.75, 3.05) is 5.32 Å². The number of aromatic amines is 1. The van der Waals surface area contributed by atoms with Gasteiger partial charge in [-0.15, -0.1) is 5.10 Å². The highest BCUT2D eigenvalue weighted by Gasteiger charge is 2.12. The van der Waals surface area contributed by atoms with Crippen molar-refractivity contribution in [1.29, 1.82) is 0 Å². The lowest BCUT2D eigenvalue weighted by Gasteiger charge is -2.06. The molecule has 0 aliphatic rings. The lowest BCUT2D eigenvalue weighted by atomic mass is 10.2. The Labute approximate surface area is 111 Å². The molecule has 5 heteroatoms. The molecule has 0 saturated carbocycles. The van der Waals surface area contributed by atoms with Crippen LogP contribution in [0.25, 0.3) is 22.5 Å². The first-order valence-electron chi connectivity index (χ1n) is 6.44. The minimum Gasteiger partial charge on any atom is -0.402 e. The van der Waals surface area contributed by atoms with E-state index in [0.717, 1.165) is 23.0 Å². The van der Waals surface area contributed by atoms with Gasteiger partial charge in [0.25, 0.3) is 5.89 Å². The Morgan fingerprint density at radius 2 is 2.16 bits per heavy atom. The fraction of sp³-hybridized carbons (Fsp3) is 0.286. The molecule has 1 atom stereocenters. The van der Waals surface area contributed by atoms with Gasteiger partial charge in [0.2, 0.25) is 0 Å². The Kier molecular flexibility index (Phi) is 2.95. The second-order valence-electron chi connectivity index (χ2n) is 4.64. The van der Waals surface area contributed by atoms with Gasteiger partial charge in [0.1, 0.15) is 5.69 Å². The van der Waals surface area contributed by atoms with Gasteiger partial charge in [0.05, 0.1) is 0 Å². The predicted molar refractivity (Wildman–Crippen MR) is 75.0 cm³/mol. The van der Waals surface area contributed by atoms with E-state index < -0.39 is 0 Å². The van der Waals surface area contributed by atoms with Gasteiger partial charge >= 0.3 is 6.01 Å². The molecule has 2 aromatic heterocycles. The Balaban J connectivity index is 1.89. The molecule has 0 saturated heterocycles. The third kappa shape index (κ3) is 2.31. The number of rotatable bonds is 4. The number of H-pyrrole nitrogens is 1. The average Bonchev–Trinajstić information content (AvgIpc) is 3.04. The van der Waals surface area contributed by atoms with E-state index in [2.05, 4.69) is 34.3 Å². The molecule has 1 unspecified atom stereocenters. The fourth-order valence-corrected chi connectivity index (χ4v) is 1.89. The van der Waals surface area contributed by atoms with Crippen molar-refractivity contribution in [2.24, 2.45) is 0 Å². The van der Waals surface area contributed by atoms with Gasteiger partial charge in [-0.25, -0.2) is 0 Å². The van der Waals surface area contributed by atoms with Crippen molar-refractivity contribution in [3.63, 3.8) is 0 Å². The van der Waals surface area contributed by atoms with Crippen LogP contribution in [0.2, 0.25) is 0 Å². The summed E-state index contributed by atoms with van der Waals surface area (Å²) in [4.78, 5) is 3.27. The van der Waals surface area contributed by atoms with Crippen LogP contribution in [0.3, 0.4) is 0 Å². The summed E-state index contributed by atoms with van der Waals surface area (Å²) in [7, 11) is 0. The molecule has 0 fully saturated rings. The van der Waals surface area contributed by atoms with Crippen molar-refractivity contribution in [2.45, 2.75) is 26.3 Å². The zero-order valence-electron chi connectivity index (χ0n) is 11.0. The molecule has 0 aliphatic heterocycles. The van der Waals surface area contributed by atoms with Gasteiger partial charge in [-0.2, -0.15) is 0 Å². The van der Waals surface area contributed by atoms with Gasteiger partial charge in [-0.3, -0.25) is 0 Å². The third-order valence-corrected chi connectivity index (χ3v) is 3.17. The van der Waals surface area contributed by atoms with E-state index in [1.807, 2.05) is 30.3 Å². The van der Waals surface area contributed by atoms with Crippen LogP contribution in [-0.4, -0.2) is 21.2 Å². The molecule has 0 radical (unpaired) electrons. The quantitative estimate of drug-likeness (QED) is 0.750. The van der Waals surface area contributed by atoms with Crippen LogP contribution in [-0.2, 0) is 0 Å². The van der Waals surface area contributed by atoms with E-state index in [9.17, 15) is 0 Å². The minimum atomic E-state index is 0.316. The van der Waals surface area contributed by atoms with Crippen LogP contribution < -0.4 is 5.32 Å². The van der Waals surface area contributed by atoms with E-state index >= 15 is 0 Å². The number of nitrogens with zero attached hydrogens (tertiary/aromatic N) is 2. The first-order chi connectivity index (χ1) is 9.26. The molecule has 19 heavy (non-hydrogen) atoms. The smallest absolute Gasteiger partial charge is 0.316 e. The highest BCUT2D eigenvalue weighted by molar-refractivity contribution is 5.84. The molecule has 3 aromatic rings. The van der Waals surface area contributed by atoms with E-state index in [0.29, 0.717) is 17.9 Å². The monoisotopic (exact) mass is 256 g/mol. The number of hydrogen-bond acceptors (Lipinski definition) is 4. The van der Waals surface area contributed by atoms with E-state index in [1.165, 1.54) is 0 Å². The van der Waals surface area contributed by atoms with Gasteiger partial charge < -0.3 is 14.7 Å². The molecule has 0 amide bonds. The average molecular weight is 256 g/mol. The lowest BCUT2D eigenvalue weighted by molar-refractivity contribution is 0.566. The maximum Gasteiger partial charge on any atom is 0.316 e. The highest BCUT2D eigenvalue weighted by atomic mass is 16.4. The summed E-state index contributed by atoms with van der Waals surface area (Å²) in [5.41, 5.74) is 1.90. The first kappa shape index (κ1) is 11.8. The number of nitrogens with one attached hydrogen (secondary N) is 2. The molecule has 3 rings (SSSR count). The minimum absolute atomic E-state index is 0.316. The SMILES string of the molecule is CCC(C)Nc1nnc(-c2cc3ccccc3[nH]2)o1. The van der Waals surface area contributed by atoms with Crippen molar-refractivity contribution in [1.82, 2.24) is 15.2 Å². The molecular weight excluding hydrogens is 240 g/mol. The summed E-state index contributed by atoms with van der Waals surface area (Å²) in [6.07, 6.45) is 1.00. The molecule has 2 N–H and O–H groups in total. The van der Waals surface area contributed by atoms with Crippen molar-refractivity contribution in [3.8, 4) is 11.6 Å². The maximum absolute atomic E-state index is 5.61. The summed E-state index contributed by atoms with van der Waals surface area (Å²) in [6.45, 7) is 4.18. The Morgan fingerprint density at radius 1 is 1.32 bits per heavy atom. The number of aromatic nitrogens is 3. The normalized spacial score (nSPS) is 12.7. The number of anilines is 1. The van der Waals surface area contributed by atoms with Crippen molar-refractivity contribution in [3.05, 3.63) is 30.3 Å². The van der Waals surface area contributed by atoms with Crippen LogP contribution in [0.15, 0.2) is 34.7 Å².